The number of carbonyl (C=O) groups is 1. The van der Waals surface area contributed by atoms with E-state index in [0.29, 0.717) is 0 Å². The van der Waals surface area contributed by atoms with Crippen molar-refractivity contribution in [3.8, 4) is 0 Å². The van der Waals surface area contributed by atoms with Gasteiger partial charge in [-0.15, -0.1) is 5.10 Å². The number of hydrogen-bond acceptors (Lipinski definition) is 3. The summed E-state index contributed by atoms with van der Waals surface area (Å²) in [5.74, 6) is -1.52. The Morgan fingerprint density at radius 1 is 1.82 bits per heavy atom. The molecule has 1 rings (SSSR count). The topological polar surface area (TPSA) is 52.8 Å². The second-order valence-electron chi connectivity index (χ2n) is 1.76. The fourth-order valence-corrected chi connectivity index (χ4v) is 0.584. The molecule has 0 fully saturated rings. The van der Waals surface area contributed by atoms with Crippen LogP contribution in [0.5, 0.6) is 0 Å². The monoisotopic (exact) mass is 157 g/mol. The number of hydrogen-bond donors (Lipinski definition) is 0. The van der Waals surface area contributed by atoms with E-state index < -0.39 is 11.8 Å². The minimum absolute atomic E-state index is 0.200. The molecule has 1 aliphatic heterocycles. The van der Waals surface area contributed by atoms with Crippen molar-refractivity contribution < 1.29 is 13.9 Å². The van der Waals surface area contributed by atoms with E-state index in [-0.39, 0.29) is 12.3 Å². The molecule has 0 aromatic carbocycles. The first-order chi connectivity index (χ1) is 5.25. The molecule has 0 atom stereocenters. The molecule has 0 saturated heterocycles. The van der Waals surface area contributed by atoms with Gasteiger partial charge in [0, 0.05) is 0 Å². The average Bonchev–Trinajstić information content (AvgIpc) is 2.36. The molecule has 1 aliphatic rings. The van der Waals surface area contributed by atoms with Crippen LogP contribution in [0.1, 0.15) is 6.92 Å². The largest absolute Gasteiger partial charge is 0.461 e. The first-order valence-corrected chi connectivity index (χ1v) is 3.06. The lowest BCUT2D eigenvalue weighted by atomic mass is 10.3. The Balaban J connectivity index is 2.61. The molecule has 0 aromatic heterocycles. The molecule has 0 aliphatic carbocycles. The van der Waals surface area contributed by atoms with Crippen LogP contribution in [-0.2, 0) is 9.53 Å². The van der Waals surface area contributed by atoms with Gasteiger partial charge < -0.3 is 4.74 Å². The van der Waals surface area contributed by atoms with Crippen molar-refractivity contribution >= 4 is 11.7 Å². The molecule has 5 heteroatoms. The molecule has 0 spiro atoms. The fraction of sp³-hybridized carbons (Fsp3) is 0.333. The smallest absolute Gasteiger partial charge is 0.362 e. The SMILES string of the molecule is CCOC(=O)C1=N[N]C=C1F. The molecular weight excluding hydrogens is 151 g/mol. The minimum Gasteiger partial charge on any atom is -0.461 e. The maximum absolute atomic E-state index is 12.5. The van der Waals surface area contributed by atoms with Crippen LogP contribution in [0.4, 0.5) is 4.39 Å². The van der Waals surface area contributed by atoms with E-state index in [0.717, 1.165) is 6.20 Å². The lowest BCUT2D eigenvalue weighted by Gasteiger charge is -1.97. The zero-order valence-corrected chi connectivity index (χ0v) is 5.87. The third-order valence-electron chi connectivity index (χ3n) is 1.02. The average molecular weight is 157 g/mol. The van der Waals surface area contributed by atoms with E-state index in [1.165, 1.54) is 0 Å². The molecule has 0 bridgehead atoms. The number of nitrogens with zero attached hydrogens (tertiary/aromatic N) is 2. The first-order valence-electron chi connectivity index (χ1n) is 3.06. The van der Waals surface area contributed by atoms with Crippen LogP contribution in [-0.4, -0.2) is 18.3 Å². The summed E-state index contributed by atoms with van der Waals surface area (Å²) in [6, 6.07) is 0. The van der Waals surface area contributed by atoms with Crippen LogP contribution in [0.3, 0.4) is 0 Å². The zero-order valence-electron chi connectivity index (χ0n) is 5.87. The van der Waals surface area contributed by atoms with Crippen molar-refractivity contribution in [1.82, 2.24) is 5.43 Å². The van der Waals surface area contributed by atoms with E-state index in [1.807, 2.05) is 0 Å². The molecule has 11 heavy (non-hydrogen) atoms. The van der Waals surface area contributed by atoms with E-state index in [1.54, 1.807) is 6.92 Å². The Morgan fingerprint density at radius 2 is 2.55 bits per heavy atom. The number of esters is 1. The van der Waals surface area contributed by atoms with Crippen LogP contribution < -0.4 is 5.43 Å². The summed E-state index contributed by atoms with van der Waals surface area (Å²) in [5, 5.41) is 3.23. The molecule has 1 radical (unpaired) electrons. The molecule has 0 unspecified atom stereocenters. The van der Waals surface area contributed by atoms with Gasteiger partial charge in [-0.05, 0) is 6.92 Å². The Morgan fingerprint density at radius 3 is 3.00 bits per heavy atom. The number of carbonyl (C=O) groups excluding carboxylic acids is 1. The normalized spacial score (nSPS) is 15.1. The minimum atomic E-state index is -0.775. The molecule has 0 aromatic rings. The summed E-state index contributed by atoms with van der Waals surface area (Å²) in [6.45, 7) is 1.83. The van der Waals surface area contributed by atoms with Crippen LogP contribution in [0.15, 0.2) is 17.1 Å². The summed E-state index contributed by atoms with van der Waals surface area (Å²) in [6.07, 6.45) is 0.867. The lowest BCUT2D eigenvalue weighted by Crippen LogP contribution is -2.16. The molecule has 0 saturated carbocycles. The predicted molar refractivity (Wildman–Crippen MR) is 35.4 cm³/mol. The maximum Gasteiger partial charge on any atom is 0.362 e. The number of ether oxygens (including phenoxy) is 1. The summed E-state index contributed by atoms with van der Waals surface area (Å²) in [7, 11) is 0. The van der Waals surface area contributed by atoms with Gasteiger partial charge >= 0.3 is 5.97 Å². The second-order valence-corrected chi connectivity index (χ2v) is 1.76. The molecule has 4 nitrogen and oxygen atoms in total. The van der Waals surface area contributed by atoms with Gasteiger partial charge in [0.15, 0.2) is 5.83 Å². The highest BCUT2D eigenvalue weighted by Gasteiger charge is 2.22. The van der Waals surface area contributed by atoms with Gasteiger partial charge in [-0.1, -0.05) is 0 Å². The first kappa shape index (κ1) is 7.71. The van der Waals surface area contributed by atoms with Gasteiger partial charge in [0.25, 0.3) is 0 Å². The van der Waals surface area contributed by atoms with E-state index in [4.69, 9.17) is 0 Å². The molecule has 0 N–H and O–H groups in total. The van der Waals surface area contributed by atoms with Crippen LogP contribution in [0.25, 0.3) is 0 Å². The van der Waals surface area contributed by atoms with E-state index >= 15 is 0 Å². The van der Waals surface area contributed by atoms with Gasteiger partial charge in [-0.25, -0.2) is 9.18 Å². The van der Waals surface area contributed by atoms with Crippen molar-refractivity contribution in [1.29, 1.82) is 0 Å². The van der Waals surface area contributed by atoms with Crippen LogP contribution in [0.2, 0.25) is 0 Å². The van der Waals surface area contributed by atoms with Gasteiger partial charge in [0.2, 0.25) is 5.71 Å². The van der Waals surface area contributed by atoms with Crippen molar-refractivity contribution in [3.05, 3.63) is 12.0 Å². The van der Waals surface area contributed by atoms with Crippen molar-refractivity contribution in [2.45, 2.75) is 6.92 Å². The van der Waals surface area contributed by atoms with E-state index in [2.05, 4.69) is 15.3 Å². The van der Waals surface area contributed by atoms with Crippen molar-refractivity contribution in [3.63, 3.8) is 0 Å². The summed E-state index contributed by atoms with van der Waals surface area (Å²) in [4.78, 5) is 10.8. The van der Waals surface area contributed by atoms with Gasteiger partial charge in [-0.3, -0.25) is 0 Å². The summed E-state index contributed by atoms with van der Waals surface area (Å²) >= 11 is 0. The molecular formula is C6H6FN2O2. The second kappa shape index (κ2) is 3.14. The fourth-order valence-electron chi connectivity index (χ4n) is 0.584. The van der Waals surface area contributed by atoms with Gasteiger partial charge in [-0.2, -0.15) is 5.43 Å². The predicted octanol–water partition coefficient (Wildman–Crippen LogP) is 0.334. The highest BCUT2D eigenvalue weighted by molar-refractivity contribution is 6.42. The Labute approximate surface area is 62.7 Å². The Kier molecular flexibility index (Phi) is 2.20. The van der Waals surface area contributed by atoms with Crippen LogP contribution in [0, 0.1) is 0 Å². The molecule has 1 heterocycles. The molecule has 0 amide bonds. The third-order valence-corrected chi connectivity index (χ3v) is 1.02. The summed E-state index contributed by atoms with van der Waals surface area (Å²) < 4.78 is 17.0. The highest BCUT2D eigenvalue weighted by Crippen LogP contribution is 2.06. The Hall–Kier alpha value is -1.39. The standard InChI is InChI=1S/C6H6FN2O2/c1-2-11-6(10)5-4(7)3-8-9-5/h3H,2H2,1H3. The summed E-state index contributed by atoms with van der Waals surface area (Å²) in [5.41, 5.74) is 2.84. The highest BCUT2D eigenvalue weighted by atomic mass is 19.1. The number of halogens is 1. The maximum atomic E-state index is 12.5. The Bertz CT molecular complexity index is 235. The quantitative estimate of drug-likeness (QED) is 0.542. The number of rotatable bonds is 2. The van der Waals surface area contributed by atoms with Crippen molar-refractivity contribution in [2.24, 2.45) is 5.10 Å². The van der Waals surface area contributed by atoms with Crippen molar-refractivity contribution in [2.75, 3.05) is 6.61 Å². The van der Waals surface area contributed by atoms with E-state index in [9.17, 15) is 9.18 Å². The zero-order chi connectivity index (χ0) is 8.27. The third kappa shape index (κ3) is 1.54. The van der Waals surface area contributed by atoms with Gasteiger partial charge in [0.1, 0.15) is 0 Å². The molecule has 59 valence electrons. The van der Waals surface area contributed by atoms with Gasteiger partial charge in [0.05, 0.1) is 12.8 Å². The lowest BCUT2D eigenvalue weighted by molar-refractivity contribution is -0.135. The van der Waals surface area contributed by atoms with Crippen LogP contribution >= 0.6 is 0 Å².